The summed E-state index contributed by atoms with van der Waals surface area (Å²) >= 11 is 17.1. The quantitative estimate of drug-likeness (QED) is 0.554. The number of sulfonamides is 1. The van der Waals surface area contributed by atoms with E-state index in [1.807, 2.05) is 0 Å². The van der Waals surface area contributed by atoms with Crippen LogP contribution in [0.4, 0.5) is 10.1 Å². The summed E-state index contributed by atoms with van der Waals surface area (Å²) in [6, 6.07) is 8.39. The highest BCUT2D eigenvalue weighted by molar-refractivity contribution is 7.92. The van der Waals surface area contributed by atoms with Crippen LogP contribution in [0.5, 0.6) is 0 Å². The Labute approximate surface area is 166 Å². The fraction of sp³-hybridized carbons (Fsp3) is 0.235. The molecule has 26 heavy (non-hydrogen) atoms. The molecule has 0 amide bonds. The van der Waals surface area contributed by atoms with Crippen LogP contribution < -0.4 is 4.31 Å². The molecule has 0 radical (unpaired) electrons. The molecule has 0 bridgehead atoms. The number of halogens is 4. The molecule has 0 spiro atoms. The number of anilines is 1. The lowest BCUT2D eigenvalue weighted by Crippen LogP contribution is -2.39. The van der Waals surface area contributed by atoms with Crippen molar-refractivity contribution >= 4 is 55.8 Å². The number of hydrogen-bond acceptors (Lipinski definition) is 3. The molecule has 9 heteroatoms. The Morgan fingerprint density at radius 2 is 1.69 bits per heavy atom. The van der Waals surface area contributed by atoms with E-state index in [1.165, 1.54) is 36.4 Å². The minimum Gasteiger partial charge on any atom is -0.281 e. The van der Waals surface area contributed by atoms with Gasteiger partial charge in [-0.1, -0.05) is 23.2 Å². The molecule has 0 aliphatic rings. The van der Waals surface area contributed by atoms with Crippen molar-refractivity contribution in [1.82, 2.24) is 0 Å². The number of benzene rings is 2. The summed E-state index contributed by atoms with van der Waals surface area (Å²) in [5, 5.41) is -0.0594. The van der Waals surface area contributed by atoms with Gasteiger partial charge >= 0.3 is 0 Å². The Hall–Kier alpha value is -1.34. The van der Waals surface area contributed by atoms with E-state index in [4.69, 9.17) is 34.8 Å². The van der Waals surface area contributed by atoms with Crippen LogP contribution in [0.1, 0.15) is 19.8 Å². The highest BCUT2D eigenvalue weighted by Gasteiger charge is 2.31. The fourth-order valence-corrected chi connectivity index (χ4v) is 4.50. The van der Waals surface area contributed by atoms with E-state index in [0.29, 0.717) is 5.02 Å². The molecule has 0 aliphatic carbocycles. The van der Waals surface area contributed by atoms with Crippen molar-refractivity contribution in [2.75, 3.05) is 4.31 Å². The van der Waals surface area contributed by atoms with Gasteiger partial charge in [-0.3, -0.25) is 9.10 Å². The molecule has 4 nitrogen and oxygen atoms in total. The standard InChI is InChI=1S/C17H15Cl3FNO3S/c1-11(2-9-17(20)23)22(16-10-13(19)5-8-15(16)21)26(24,25)14-6-3-12(18)4-7-14/h3-8,10-11H,2,9H2,1H3/t11-/m1/s1. The maximum Gasteiger partial charge on any atom is 0.264 e. The van der Waals surface area contributed by atoms with Gasteiger partial charge in [0.25, 0.3) is 10.0 Å². The molecule has 0 saturated heterocycles. The maximum atomic E-state index is 14.4. The van der Waals surface area contributed by atoms with Gasteiger partial charge in [-0.2, -0.15) is 0 Å². The van der Waals surface area contributed by atoms with Gasteiger partial charge in [0.05, 0.1) is 10.6 Å². The second-order valence-electron chi connectivity index (χ2n) is 5.59. The lowest BCUT2D eigenvalue weighted by atomic mass is 10.2. The summed E-state index contributed by atoms with van der Waals surface area (Å²) in [5.41, 5.74) is -0.207. The topological polar surface area (TPSA) is 54.5 Å². The highest BCUT2D eigenvalue weighted by atomic mass is 35.5. The van der Waals surface area contributed by atoms with Crippen LogP contribution in [-0.4, -0.2) is 19.7 Å². The van der Waals surface area contributed by atoms with Gasteiger partial charge < -0.3 is 0 Å². The highest BCUT2D eigenvalue weighted by Crippen LogP contribution is 2.32. The van der Waals surface area contributed by atoms with E-state index in [-0.39, 0.29) is 28.4 Å². The Morgan fingerprint density at radius 3 is 2.27 bits per heavy atom. The van der Waals surface area contributed by atoms with E-state index in [9.17, 15) is 17.6 Å². The number of carbonyl (C=O) groups excluding carboxylic acids is 1. The maximum absolute atomic E-state index is 14.4. The first-order chi connectivity index (χ1) is 12.1. The molecule has 0 heterocycles. The smallest absolute Gasteiger partial charge is 0.264 e. The molecular weight excluding hydrogens is 424 g/mol. The number of hydrogen-bond donors (Lipinski definition) is 0. The number of rotatable bonds is 7. The summed E-state index contributed by atoms with van der Waals surface area (Å²) in [5.74, 6) is -0.754. The van der Waals surface area contributed by atoms with Gasteiger partial charge in [0.15, 0.2) is 0 Å². The average molecular weight is 439 g/mol. The lowest BCUT2D eigenvalue weighted by molar-refractivity contribution is -0.111. The van der Waals surface area contributed by atoms with Gasteiger partial charge in [-0.15, -0.1) is 0 Å². The molecular formula is C17H15Cl3FNO3S. The van der Waals surface area contributed by atoms with E-state index < -0.39 is 27.1 Å². The van der Waals surface area contributed by atoms with Crippen molar-refractivity contribution in [3.05, 3.63) is 58.3 Å². The SMILES string of the molecule is C[C@H](CCC(=O)Cl)N(c1cc(Cl)ccc1F)S(=O)(=O)c1ccc(Cl)cc1. The van der Waals surface area contributed by atoms with Crippen LogP contribution >= 0.6 is 34.8 Å². The van der Waals surface area contributed by atoms with E-state index >= 15 is 0 Å². The van der Waals surface area contributed by atoms with E-state index in [1.54, 1.807) is 6.92 Å². The monoisotopic (exact) mass is 437 g/mol. The van der Waals surface area contributed by atoms with Gasteiger partial charge in [0.2, 0.25) is 5.24 Å². The van der Waals surface area contributed by atoms with Crippen LogP contribution in [0.3, 0.4) is 0 Å². The third kappa shape index (κ3) is 4.88. The Kier molecular flexibility index (Phi) is 6.91. The zero-order valence-corrected chi connectivity index (χ0v) is 16.7. The first-order valence-electron chi connectivity index (χ1n) is 7.56. The first kappa shape index (κ1) is 21.0. The first-order valence-corrected chi connectivity index (χ1v) is 10.1. The molecule has 0 aliphatic heterocycles. The van der Waals surface area contributed by atoms with Gasteiger partial charge in [0.1, 0.15) is 5.82 Å². The predicted octanol–water partition coefficient (Wildman–Crippen LogP) is 5.26. The molecule has 0 N–H and O–H groups in total. The minimum atomic E-state index is -4.14. The molecule has 0 fully saturated rings. The van der Waals surface area contributed by atoms with Crippen LogP contribution in [-0.2, 0) is 14.8 Å². The third-order valence-electron chi connectivity index (χ3n) is 3.68. The van der Waals surface area contributed by atoms with Crippen LogP contribution in [0.15, 0.2) is 47.4 Å². The van der Waals surface area contributed by atoms with Crippen molar-refractivity contribution in [1.29, 1.82) is 0 Å². The molecule has 2 rings (SSSR count). The minimum absolute atomic E-state index is 0.0580. The van der Waals surface area contributed by atoms with Gasteiger partial charge in [-0.25, -0.2) is 12.8 Å². The Morgan fingerprint density at radius 1 is 1.12 bits per heavy atom. The van der Waals surface area contributed by atoms with Crippen LogP contribution in [0.25, 0.3) is 0 Å². The zero-order chi connectivity index (χ0) is 19.5. The molecule has 140 valence electrons. The lowest BCUT2D eigenvalue weighted by Gasteiger charge is -2.31. The van der Waals surface area contributed by atoms with Crippen molar-refractivity contribution in [2.45, 2.75) is 30.7 Å². The van der Waals surface area contributed by atoms with E-state index in [0.717, 1.165) is 10.4 Å². The molecule has 2 aromatic rings. The van der Waals surface area contributed by atoms with Crippen molar-refractivity contribution in [2.24, 2.45) is 0 Å². The molecule has 1 atom stereocenters. The summed E-state index contributed by atoms with van der Waals surface area (Å²) in [4.78, 5) is 11.0. The van der Waals surface area contributed by atoms with Crippen molar-refractivity contribution < 1.29 is 17.6 Å². The molecule has 0 unspecified atom stereocenters. The Bertz CT molecular complexity index is 904. The van der Waals surface area contributed by atoms with Crippen LogP contribution in [0, 0.1) is 5.82 Å². The van der Waals surface area contributed by atoms with Crippen molar-refractivity contribution in [3.63, 3.8) is 0 Å². The third-order valence-corrected chi connectivity index (χ3v) is 6.29. The van der Waals surface area contributed by atoms with Gasteiger partial charge in [0, 0.05) is 22.5 Å². The summed E-state index contributed by atoms with van der Waals surface area (Å²) in [6.07, 6.45) is 0.0542. The Balaban J connectivity index is 2.57. The summed E-state index contributed by atoms with van der Waals surface area (Å²) in [6.45, 7) is 1.56. The van der Waals surface area contributed by atoms with Crippen LogP contribution in [0.2, 0.25) is 10.0 Å². The average Bonchev–Trinajstić information content (AvgIpc) is 2.56. The summed E-state index contributed by atoms with van der Waals surface area (Å²) in [7, 11) is -4.14. The van der Waals surface area contributed by atoms with Crippen molar-refractivity contribution in [3.8, 4) is 0 Å². The largest absolute Gasteiger partial charge is 0.281 e. The summed E-state index contributed by atoms with van der Waals surface area (Å²) < 4.78 is 41.6. The second-order valence-corrected chi connectivity index (χ2v) is 8.70. The molecule has 2 aromatic carbocycles. The number of carbonyl (C=O) groups is 1. The second kappa shape index (κ2) is 8.57. The normalized spacial score (nSPS) is 12.7. The molecule has 0 saturated carbocycles. The predicted molar refractivity (Wildman–Crippen MR) is 102 cm³/mol. The van der Waals surface area contributed by atoms with E-state index in [2.05, 4.69) is 0 Å². The fourth-order valence-electron chi connectivity index (χ4n) is 2.42. The van der Waals surface area contributed by atoms with Gasteiger partial charge in [-0.05, 0) is 67.4 Å². The zero-order valence-electron chi connectivity index (χ0n) is 13.6. The molecule has 0 aromatic heterocycles. The number of nitrogens with zero attached hydrogens (tertiary/aromatic N) is 1.